The summed E-state index contributed by atoms with van der Waals surface area (Å²) in [7, 11) is 0. The lowest BCUT2D eigenvalue weighted by atomic mass is 10.4. The minimum absolute atomic E-state index is 0. The van der Waals surface area contributed by atoms with Gasteiger partial charge in [0, 0.05) is 13.0 Å². The third kappa shape index (κ3) is 2.43. The SMILES string of the molecule is Cl.OCCc1cn[nH]n1. The van der Waals surface area contributed by atoms with Crippen LogP contribution in [0.5, 0.6) is 0 Å². The second-order valence-corrected chi connectivity index (χ2v) is 1.43. The average Bonchev–Trinajstić information content (AvgIpc) is 2.19. The molecule has 0 aliphatic heterocycles. The van der Waals surface area contributed by atoms with E-state index in [0.29, 0.717) is 6.42 Å². The second kappa shape index (κ2) is 4.29. The summed E-state index contributed by atoms with van der Waals surface area (Å²) in [5.41, 5.74) is 0.799. The van der Waals surface area contributed by atoms with Gasteiger partial charge >= 0.3 is 0 Å². The number of hydrogen-bond donors (Lipinski definition) is 2. The van der Waals surface area contributed by atoms with E-state index in [0.717, 1.165) is 5.69 Å². The van der Waals surface area contributed by atoms with Crippen LogP contribution in [0.25, 0.3) is 0 Å². The zero-order valence-corrected chi connectivity index (χ0v) is 5.56. The van der Waals surface area contributed by atoms with E-state index in [1.54, 1.807) is 6.20 Å². The number of H-pyrrole nitrogens is 1. The molecule has 0 aliphatic rings. The van der Waals surface area contributed by atoms with Gasteiger partial charge in [0.2, 0.25) is 0 Å². The Morgan fingerprint density at radius 1 is 1.67 bits per heavy atom. The summed E-state index contributed by atoms with van der Waals surface area (Å²) in [6.45, 7) is 0.131. The summed E-state index contributed by atoms with van der Waals surface area (Å²) in [6, 6.07) is 0. The standard InChI is InChI=1S/C4H7N3O.ClH/c8-2-1-4-3-5-7-6-4;/h3,8H,1-2H2,(H,5,6,7);1H. The minimum Gasteiger partial charge on any atom is -0.396 e. The maximum atomic E-state index is 8.36. The van der Waals surface area contributed by atoms with Gasteiger partial charge in [0.1, 0.15) is 0 Å². The first-order chi connectivity index (χ1) is 3.93. The summed E-state index contributed by atoms with van der Waals surface area (Å²) in [5, 5.41) is 18.1. The van der Waals surface area contributed by atoms with Gasteiger partial charge in [-0.2, -0.15) is 15.4 Å². The molecule has 9 heavy (non-hydrogen) atoms. The Balaban J connectivity index is 0.000000640. The number of hydrogen-bond acceptors (Lipinski definition) is 3. The molecule has 0 saturated heterocycles. The van der Waals surface area contributed by atoms with Crippen molar-refractivity contribution in [2.24, 2.45) is 0 Å². The number of aliphatic hydroxyl groups is 1. The van der Waals surface area contributed by atoms with Crippen molar-refractivity contribution >= 4 is 12.4 Å². The highest BCUT2D eigenvalue weighted by molar-refractivity contribution is 5.85. The van der Waals surface area contributed by atoms with Crippen LogP contribution >= 0.6 is 12.4 Å². The molecule has 0 spiro atoms. The number of aromatic nitrogens is 3. The van der Waals surface area contributed by atoms with Crippen molar-refractivity contribution < 1.29 is 5.11 Å². The molecule has 0 saturated carbocycles. The van der Waals surface area contributed by atoms with E-state index in [1.807, 2.05) is 0 Å². The van der Waals surface area contributed by atoms with E-state index in [2.05, 4.69) is 15.4 Å². The molecule has 2 N–H and O–H groups in total. The first kappa shape index (κ1) is 8.39. The Morgan fingerprint density at radius 2 is 2.44 bits per heavy atom. The van der Waals surface area contributed by atoms with Crippen LogP contribution in [0.2, 0.25) is 0 Å². The molecule has 0 aliphatic carbocycles. The van der Waals surface area contributed by atoms with E-state index in [4.69, 9.17) is 5.11 Å². The first-order valence-corrected chi connectivity index (χ1v) is 2.39. The second-order valence-electron chi connectivity index (χ2n) is 1.43. The molecule has 1 heterocycles. The van der Waals surface area contributed by atoms with Crippen LogP contribution in [0, 0.1) is 0 Å². The summed E-state index contributed by atoms with van der Waals surface area (Å²) in [5.74, 6) is 0. The maximum Gasteiger partial charge on any atom is 0.0847 e. The summed E-state index contributed by atoms with van der Waals surface area (Å²) in [4.78, 5) is 0. The van der Waals surface area contributed by atoms with Gasteiger partial charge in [-0.05, 0) is 0 Å². The van der Waals surface area contributed by atoms with Gasteiger partial charge in [-0.1, -0.05) is 0 Å². The number of aliphatic hydroxyl groups excluding tert-OH is 1. The lowest BCUT2D eigenvalue weighted by molar-refractivity contribution is 0.298. The fraction of sp³-hybridized carbons (Fsp3) is 0.500. The molecular weight excluding hydrogens is 142 g/mol. The Morgan fingerprint density at radius 3 is 2.89 bits per heavy atom. The molecule has 0 atom stereocenters. The van der Waals surface area contributed by atoms with E-state index in [-0.39, 0.29) is 19.0 Å². The van der Waals surface area contributed by atoms with Crippen molar-refractivity contribution in [3.8, 4) is 0 Å². The fourth-order valence-corrected chi connectivity index (χ4v) is 0.460. The molecule has 0 aromatic carbocycles. The molecule has 4 nitrogen and oxygen atoms in total. The highest BCUT2D eigenvalue weighted by atomic mass is 35.5. The number of aromatic amines is 1. The Bertz CT molecular complexity index is 142. The number of rotatable bonds is 2. The molecule has 0 radical (unpaired) electrons. The van der Waals surface area contributed by atoms with Gasteiger partial charge in [-0.25, -0.2) is 0 Å². The van der Waals surface area contributed by atoms with Gasteiger partial charge in [-0.3, -0.25) is 0 Å². The van der Waals surface area contributed by atoms with Crippen LogP contribution in [-0.4, -0.2) is 27.1 Å². The van der Waals surface area contributed by atoms with Crippen molar-refractivity contribution in [1.29, 1.82) is 0 Å². The molecule has 0 unspecified atom stereocenters. The lowest BCUT2D eigenvalue weighted by Crippen LogP contribution is -1.89. The molecule has 52 valence electrons. The molecule has 1 aromatic heterocycles. The number of halogens is 1. The quantitative estimate of drug-likeness (QED) is 0.610. The number of nitrogens with one attached hydrogen (secondary N) is 1. The van der Waals surface area contributed by atoms with E-state index in [1.165, 1.54) is 0 Å². The summed E-state index contributed by atoms with van der Waals surface area (Å²) < 4.78 is 0. The minimum atomic E-state index is 0. The molecule has 0 fully saturated rings. The monoisotopic (exact) mass is 149 g/mol. The van der Waals surface area contributed by atoms with Crippen LogP contribution < -0.4 is 0 Å². The zero-order chi connectivity index (χ0) is 5.82. The largest absolute Gasteiger partial charge is 0.396 e. The van der Waals surface area contributed by atoms with Crippen LogP contribution in [0.4, 0.5) is 0 Å². The molecular formula is C4H8ClN3O. The van der Waals surface area contributed by atoms with Crippen molar-refractivity contribution in [2.45, 2.75) is 6.42 Å². The lowest BCUT2D eigenvalue weighted by Gasteiger charge is -1.82. The van der Waals surface area contributed by atoms with Gasteiger partial charge in [0.15, 0.2) is 0 Å². The predicted molar refractivity (Wildman–Crippen MR) is 34.4 cm³/mol. The third-order valence-corrected chi connectivity index (χ3v) is 0.833. The van der Waals surface area contributed by atoms with E-state index in [9.17, 15) is 0 Å². The molecule has 5 heteroatoms. The van der Waals surface area contributed by atoms with Gasteiger partial charge in [-0.15, -0.1) is 12.4 Å². The topological polar surface area (TPSA) is 61.8 Å². The Kier molecular flexibility index (Phi) is 4.00. The van der Waals surface area contributed by atoms with Crippen molar-refractivity contribution in [3.63, 3.8) is 0 Å². The van der Waals surface area contributed by atoms with Gasteiger partial charge in [0.05, 0.1) is 11.9 Å². The highest BCUT2D eigenvalue weighted by Crippen LogP contribution is 1.86. The van der Waals surface area contributed by atoms with Gasteiger partial charge in [0.25, 0.3) is 0 Å². The molecule has 1 rings (SSSR count). The third-order valence-electron chi connectivity index (χ3n) is 0.833. The first-order valence-electron chi connectivity index (χ1n) is 2.39. The normalized spacial score (nSPS) is 8.56. The van der Waals surface area contributed by atoms with Crippen molar-refractivity contribution in [3.05, 3.63) is 11.9 Å². The summed E-state index contributed by atoms with van der Waals surface area (Å²) in [6.07, 6.45) is 2.17. The Hall–Kier alpha value is -0.610. The van der Waals surface area contributed by atoms with E-state index < -0.39 is 0 Å². The van der Waals surface area contributed by atoms with Crippen molar-refractivity contribution in [1.82, 2.24) is 15.4 Å². The molecule has 0 bridgehead atoms. The number of nitrogens with zero attached hydrogens (tertiary/aromatic N) is 2. The van der Waals surface area contributed by atoms with Gasteiger partial charge < -0.3 is 5.11 Å². The van der Waals surface area contributed by atoms with Crippen LogP contribution in [0.15, 0.2) is 6.20 Å². The van der Waals surface area contributed by atoms with Crippen LogP contribution in [0.1, 0.15) is 5.69 Å². The predicted octanol–water partition coefficient (Wildman–Crippen LogP) is -0.239. The fourth-order valence-electron chi connectivity index (χ4n) is 0.460. The average molecular weight is 150 g/mol. The van der Waals surface area contributed by atoms with E-state index >= 15 is 0 Å². The Labute approximate surface area is 58.7 Å². The van der Waals surface area contributed by atoms with Crippen LogP contribution in [-0.2, 0) is 6.42 Å². The summed E-state index contributed by atoms with van der Waals surface area (Å²) >= 11 is 0. The molecule has 1 aromatic rings. The zero-order valence-electron chi connectivity index (χ0n) is 4.74. The smallest absolute Gasteiger partial charge is 0.0847 e. The molecule has 0 amide bonds. The maximum absolute atomic E-state index is 8.36. The highest BCUT2D eigenvalue weighted by Gasteiger charge is 1.90. The van der Waals surface area contributed by atoms with Crippen molar-refractivity contribution in [2.75, 3.05) is 6.61 Å². The van der Waals surface area contributed by atoms with Crippen LogP contribution in [0.3, 0.4) is 0 Å².